The van der Waals surface area contributed by atoms with E-state index in [2.05, 4.69) is 0 Å². The topological polar surface area (TPSA) is 66.6 Å². The third-order valence-corrected chi connectivity index (χ3v) is 3.76. The highest BCUT2D eigenvalue weighted by Gasteiger charge is 2.26. The second kappa shape index (κ2) is 7.74. The molecule has 106 valence electrons. The Morgan fingerprint density at radius 1 is 1.22 bits per heavy atom. The summed E-state index contributed by atoms with van der Waals surface area (Å²) >= 11 is 0. The molecule has 4 nitrogen and oxygen atoms in total. The first kappa shape index (κ1) is 15.4. The first-order valence-corrected chi connectivity index (χ1v) is 7.25. The van der Waals surface area contributed by atoms with Gasteiger partial charge in [0, 0.05) is 19.5 Å². The summed E-state index contributed by atoms with van der Waals surface area (Å²) in [4.78, 5) is 13.9. The molecule has 0 aromatic carbocycles. The van der Waals surface area contributed by atoms with Crippen LogP contribution in [0.2, 0.25) is 0 Å². The summed E-state index contributed by atoms with van der Waals surface area (Å²) in [6.07, 6.45) is 7.29. The lowest BCUT2D eigenvalue weighted by Crippen LogP contribution is -2.33. The maximum absolute atomic E-state index is 12.0. The van der Waals surface area contributed by atoms with Crippen molar-refractivity contribution in [2.75, 3.05) is 19.6 Å². The molecule has 1 rings (SSSR count). The van der Waals surface area contributed by atoms with Crippen molar-refractivity contribution < 1.29 is 9.90 Å². The van der Waals surface area contributed by atoms with Crippen molar-refractivity contribution in [3.63, 3.8) is 0 Å². The van der Waals surface area contributed by atoms with E-state index in [1.54, 1.807) is 0 Å². The van der Waals surface area contributed by atoms with Gasteiger partial charge >= 0.3 is 0 Å². The summed E-state index contributed by atoms with van der Waals surface area (Å²) in [5, 5.41) is 9.98. The molecule has 0 aliphatic carbocycles. The number of carbonyl (C=O) groups is 1. The number of rotatable bonds is 6. The molecule has 0 bridgehead atoms. The quantitative estimate of drug-likeness (QED) is 0.710. The Labute approximate surface area is 111 Å². The minimum Gasteiger partial charge on any atom is -0.390 e. The molecule has 1 heterocycles. The Bertz CT molecular complexity index is 254. The minimum absolute atomic E-state index is 0.250. The van der Waals surface area contributed by atoms with Gasteiger partial charge in [0.15, 0.2) is 0 Å². The number of carbonyl (C=O) groups excluding carboxylic acids is 1. The van der Waals surface area contributed by atoms with Crippen LogP contribution < -0.4 is 5.73 Å². The van der Waals surface area contributed by atoms with Crippen LogP contribution in [0.4, 0.5) is 0 Å². The molecule has 0 spiro atoms. The largest absolute Gasteiger partial charge is 0.390 e. The fourth-order valence-corrected chi connectivity index (χ4v) is 2.45. The van der Waals surface area contributed by atoms with Crippen LogP contribution in [0.5, 0.6) is 0 Å². The summed E-state index contributed by atoms with van der Waals surface area (Å²) in [5.74, 6) is 0.250. The molecule has 1 saturated heterocycles. The van der Waals surface area contributed by atoms with E-state index >= 15 is 0 Å². The van der Waals surface area contributed by atoms with Gasteiger partial charge in [-0.25, -0.2) is 0 Å². The van der Waals surface area contributed by atoms with Crippen LogP contribution in [0.3, 0.4) is 0 Å². The lowest BCUT2D eigenvalue weighted by Gasteiger charge is -2.22. The van der Waals surface area contributed by atoms with Crippen molar-refractivity contribution >= 4 is 5.91 Å². The number of nitrogens with two attached hydrogens (primary N) is 1. The number of nitrogens with zero attached hydrogens (tertiary/aromatic N) is 1. The van der Waals surface area contributed by atoms with Crippen LogP contribution in [-0.2, 0) is 4.79 Å². The lowest BCUT2D eigenvalue weighted by molar-refractivity contribution is -0.131. The third-order valence-electron chi connectivity index (χ3n) is 3.76. The number of likely N-dealkylation sites (tertiary alicyclic amines) is 1. The Kier molecular flexibility index (Phi) is 6.65. The van der Waals surface area contributed by atoms with Gasteiger partial charge in [0.2, 0.25) is 5.91 Å². The predicted octanol–water partition coefficient (Wildman–Crippen LogP) is 1.66. The van der Waals surface area contributed by atoms with Gasteiger partial charge in [0.1, 0.15) is 0 Å². The van der Waals surface area contributed by atoms with E-state index in [0.29, 0.717) is 19.4 Å². The van der Waals surface area contributed by atoms with Crippen LogP contribution in [0.15, 0.2) is 0 Å². The zero-order valence-electron chi connectivity index (χ0n) is 11.7. The van der Waals surface area contributed by atoms with Gasteiger partial charge < -0.3 is 15.7 Å². The molecule has 1 aliphatic heterocycles. The summed E-state index contributed by atoms with van der Waals surface area (Å²) in [6, 6.07) is 0. The molecule has 1 atom stereocenters. The van der Waals surface area contributed by atoms with E-state index in [9.17, 15) is 9.90 Å². The van der Waals surface area contributed by atoms with Gasteiger partial charge in [-0.15, -0.1) is 0 Å². The normalized spacial score (nSPS) is 24.9. The van der Waals surface area contributed by atoms with Crippen molar-refractivity contribution in [2.45, 2.75) is 63.9 Å². The highest BCUT2D eigenvalue weighted by atomic mass is 16.3. The number of unbranched alkanes of at least 4 members (excludes halogenated alkanes) is 3. The molecular formula is C14H28N2O2. The van der Waals surface area contributed by atoms with Crippen molar-refractivity contribution in [2.24, 2.45) is 5.73 Å². The first-order valence-electron chi connectivity index (χ1n) is 7.25. The van der Waals surface area contributed by atoms with E-state index in [1.807, 2.05) is 11.8 Å². The van der Waals surface area contributed by atoms with Gasteiger partial charge in [-0.05, 0) is 45.6 Å². The van der Waals surface area contributed by atoms with E-state index in [1.165, 1.54) is 0 Å². The smallest absolute Gasteiger partial charge is 0.222 e. The third kappa shape index (κ3) is 5.83. The van der Waals surface area contributed by atoms with E-state index in [0.717, 1.165) is 51.6 Å². The molecule has 1 amide bonds. The second-order valence-corrected chi connectivity index (χ2v) is 5.68. The van der Waals surface area contributed by atoms with E-state index < -0.39 is 5.60 Å². The molecular weight excluding hydrogens is 228 g/mol. The highest BCUT2D eigenvalue weighted by Crippen LogP contribution is 2.22. The second-order valence-electron chi connectivity index (χ2n) is 5.68. The van der Waals surface area contributed by atoms with Crippen LogP contribution in [-0.4, -0.2) is 41.1 Å². The van der Waals surface area contributed by atoms with Gasteiger partial charge in [0.25, 0.3) is 0 Å². The van der Waals surface area contributed by atoms with Crippen molar-refractivity contribution in [1.82, 2.24) is 4.90 Å². The van der Waals surface area contributed by atoms with Gasteiger partial charge in [-0.1, -0.05) is 12.8 Å². The Hall–Kier alpha value is -0.610. The molecule has 0 aromatic heterocycles. The highest BCUT2D eigenvalue weighted by molar-refractivity contribution is 5.76. The van der Waals surface area contributed by atoms with Crippen molar-refractivity contribution in [3.05, 3.63) is 0 Å². The SMILES string of the molecule is CC1(O)CCCN(C(=O)CCCCCCN)CC1. The summed E-state index contributed by atoms with van der Waals surface area (Å²) < 4.78 is 0. The zero-order chi connectivity index (χ0) is 13.4. The molecule has 3 N–H and O–H groups in total. The molecule has 0 aromatic rings. The van der Waals surface area contributed by atoms with Crippen LogP contribution in [0.1, 0.15) is 58.3 Å². The molecule has 0 saturated carbocycles. The molecule has 1 unspecified atom stereocenters. The maximum atomic E-state index is 12.0. The van der Waals surface area contributed by atoms with Crippen LogP contribution in [0.25, 0.3) is 0 Å². The summed E-state index contributed by atoms with van der Waals surface area (Å²) in [5.41, 5.74) is 4.84. The predicted molar refractivity (Wildman–Crippen MR) is 73.2 cm³/mol. The van der Waals surface area contributed by atoms with Gasteiger partial charge in [-0.2, -0.15) is 0 Å². The van der Waals surface area contributed by atoms with Crippen LogP contribution >= 0.6 is 0 Å². The number of aliphatic hydroxyl groups is 1. The average molecular weight is 256 g/mol. The summed E-state index contributed by atoms with van der Waals surface area (Å²) in [6.45, 7) is 4.12. The van der Waals surface area contributed by atoms with E-state index in [-0.39, 0.29) is 5.91 Å². The standard InChI is InChI=1S/C14H28N2O2/c1-14(18)8-6-11-16(12-9-14)13(17)7-4-2-3-5-10-15/h18H,2-12,15H2,1H3. The Balaban J connectivity index is 2.21. The zero-order valence-corrected chi connectivity index (χ0v) is 11.7. The monoisotopic (exact) mass is 256 g/mol. The first-order chi connectivity index (χ1) is 8.55. The van der Waals surface area contributed by atoms with Gasteiger partial charge in [0.05, 0.1) is 5.60 Å². The van der Waals surface area contributed by atoms with Crippen molar-refractivity contribution in [3.8, 4) is 0 Å². The fraction of sp³-hybridized carbons (Fsp3) is 0.929. The van der Waals surface area contributed by atoms with Gasteiger partial charge in [-0.3, -0.25) is 4.79 Å². The number of amides is 1. The number of hydrogen-bond donors (Lipinski definition) is 2. The average Bonchev–Trinajstić information content (AvgIpc) is 2.50. The lowest BCUT2D eigenvalue weighted by atomic mass is 9.98. The van der Waals surface area contributed by atoms with Crippen molar-refractivity contribution in [1.29, 1.82) is 0 Å². The van der Waals surface area contributed by atoms with Crippen LogP contribution in [0, 0.1) is 0 Å². The Morgan fingerprint density at radius 3 is 2.67 bits per heavy atom. The summed E-state index contributed by atoms with van der Waals surface area (Å²) in [7, 11) is 0. The molecule has 18 heavy (non-hydrogen) atoms. The number of hydrogen-bond acceptors (Lipinski definition) is 3. The molecule has 1 aliphatic rings. The molecule has 0 radical (unpaired) electrons. The maximum Gasteiger partial charge on any atom is 0.222 e. The molecule has 1 fully saturated rings. The minimum atomic E-state index is -0.587. The molecule has 4 heteroatoms. The Morgan fingerprint density at radius 2 is 1.94 bits per heavy atom. The van der Waals surface area contributed by atoms with E-state index in [4.69, 9.17) is 5.73 Å². The fourth-order valence-electron chi connectivity index (χ4n) is 2.45.